The van der Waals surface area contributed by atoms with E-state index < -0.39 is 6.04 Å². The van der Waals surface area contributed by atoms with Crippen molar-refractivity contribution in [3.63, 3.8) is 0 Å². The van der Waals surface area contributed by atoms with Gasteiger partial charge in [-0.25, -0.2) is 9.55 Å². The van der Waals surface area contributed by atoms with E-state index in [1.54, 1.807) is 12.0 Å². The molecular weight excluding hydrogens is 488 g/mol. The molecule has 194 valence electrons. The first kappa shape index (κ1) is 25.2. The summed E-state index contributed by atoms with van der Waals surface area (Å²) in [5, 5.41) is 7.13. The molecule has 0 bridgehead atoms. The number of nitrogens with zero attached hydrogens (tertiary/aromatic N) is 3. The Kier molecular flexibility index (Phi) is 7.66. The number of ether oxygens (including phenoxy) is 1. The highest BCUT2D eigenvalue weighted by atomic mass is 32.1. The second-order valence-corrected chi connectivity index (χ2v) is 9.92. The van der Waals surface area contributed by atoms with Crippen LogP contribution in [0.4, 0.5) is 11.5 Å². The molecule has 1 atom stereocenters. The number of hydrogen-bond donors (Lipinski definition) is 3. The van der Waals surface area contributed by atoms with Crippen LogP contribution in [0.25, 0.3) is 10.9 Å². The van der Waals surface area contributed by atoms with Crippen molar-refractivity contribution in [1.82, 2.24) is 14.9 Å². The molecule has 3 heterocycles. The first-order valence-corrected chi connectivity index (χ1v) is 13.3. The Morgan fingerprint density at radius 2 is 1.95 bits per heavy atom. The van der Waals surface area contributed by atoms with E-state index in [-0.39, 0.29) is 23.0 Å². The minimum Gasteiger partial charge on any atom is -0.497 e. The molecular formula is C27H33N6O3S+. The minimum atomic E-state index is -0.480. The van der Waals surface area contributed by atoms with Crippen molar-refractivity contribution in [1.29, 1.82) is 0 Å². The fraction of sp³-hybridized carbons (Fsp3) is 0.407. The number of anilines is 2. The van der Waals surface area contributed by atoms with Gasteiger partial charge >= 0.3 is 0 Å². The molecule has 2 aliphatic rings. The lowest BCUT2D eigenvalue weighted by atomic mass is 10.1. The van der Waals surface area contributed by atoms with Gasteiger partial charge in [-0.2, -0.15) is 0 Å². The van der Waals surface area contributed by atoms with Crippen molar-refractivity contribution in [2.24, 2.45) is 0 Å². The van der Waals surface area contributed by atoms with Crippen LogP contribution in [0, 0.1) is 4.77 Å². The van der Waals surface area contributed by atoms with Crippen LogP contribution in [0.1, 0.15) is 24.1 Å². The average molecular weight is 522 g/mol. The molecule has 5 rings (SSSR count). The van der Waals surface area contributed by atoms with Crippen molar-refractivity contribution in [3.05, 3.63) is 53.3 Å². The number of benzene rings is 2. The largest absolute Gasteiger partial charge is 0.497 e. The van der Waals surface area contributed by atoms with Crippen molar-refractivity contribution >= 4 is 46.4 Å². The summed E-state index contributed by atoms with van der Waals surface area (Å²) in [4.78, 5) is 33.7. The van der Waals surface area contributed by atoms with Crippen LogP contribution in [0.2, 0.25) is 0 Å². The van der Waals surface area contributed by atoms with E-state index in [2.05, 4.69) is 32.7 Å². The molecule has 1 unspecified atom stereocenters. The lowest BCUT2D eigenvalue weighted by molar-refractivity contribution is -0.900. The summed E-state index contributed by atoms with van der Waals surface area (Å²) in [5.41, 5.74) is 1.99. The number of fused-ring (bicyclic) bond motifs is 3. The Hall–Kier alpha value is -3.50. The second kappa shape index (κ2) is 11.3. The predicted octanol–water partition coefficient (Wildman–Crippen LogP) is 1.90. The number of carbonyl (C=O) groups excluding carboxylic acids is 2. The molecule has 1 amide bonds. The van der Waals surface area contributed by atoms with Gasteiger partial charge < -0.3 is 25.2 Å². The standard InChI is InChI=1S/C27H32N6O3S/c1-36-20-9-7-19(8-10-20)32-17-15-31(16-18-32)14-4-13-28-24(34)12-11-23-26(35)33-25(29-23)21-5-2-3-6-22(21)30-27(33)37/h2-3,5-10,23,29H,4,11-18H2,1H3,(H,28,34)/p+1. The summed E-state index contributed by atoms with van der Waals surface area (Å²) >= 11 is 5.34. The Balaban J connectivity index is 1.01. The number of quaternary nitrogens is 1. The number of carbonyl (C=O) groups is 2. The predicted molar refractivity (Wildman–Crippen MR) is 146 cm³/mol. The molecule has 0 saturated carbocycles. The van der Waals surface area contributed by atoms with Gasteiger partial charge in [-0.1, -0.05) is 12.1 Å². The molecule has 1 fully saturated rings. The molecule has 0 radical (unpaired) electrons. The quantitative estimate of drug-likeness (QED) is 0.293. The van der Waals surface area contributed by atoms with Crippen molar-refractivity contribution in [2.45, 2.75) is 25.3 Å². The maximum absolute atomic E-state index is 12.9. The number of rotatable bonds is 9. The van der Waals surface area contributed by atoms with E-state index >= 15 is 0 Å². The molecule has 1 aromatic heterocycles. The summed E-state index contributed by atoms with van der Waals surface area (Å²) < 4.78 is 6.94. The highest BCUT2D eigenvalue weighted by Gasteiger charge is 2.32. The minimum absolute atomic E-state index is 0.0311. The van der Waals surface area contributed by atoms with Gasteiger partial charge in [0.1, 0.15) is 17.6 Å². The first-order valence-electron chi connectivity index (χ1n) is 12.9. The second-order valence-electron chi connectivity index (χ2n) is 9.56. The lowest BCUT2D eigenvalue weighted by Crippen LogP contribution is -3.15. The van der Waals surface area contributed by atoms with E-state index in [0.717, 1.165) is 55.8 Å². The van der Waals surface area contributed by atoms with E-state index in [4.69, 9.17) is 17.0 Å². The van der Waals surface area contributed by atoms with E-state index in [1.807, 2.05) is 36.4 Å². The molecule has 2 aliphatic heterocycles. The van der Waals surface area contributed by atoms with Gasteiger partial charge in [0.15, 0.2) is 0 Å². The summed E-state index contributed by atoms with van der Waals surface area (Å²) in [6.07, 6.45) is 1.62. The van der Waals surface area contributed by atoms with Crippen LogP contribution in [-0.2, 0) is 4.79 Å². The smallest absolute Gasteiger partial charge is 0.257 e. The zero-order chi connectivity index (χ0) is 25.8. The van der Waals surface area contributed by atoms with Gasteiger partial charge in [0.2, 0.25) is 10.7 Å². The Labute approximate surface area is 221 Å². The molecule has 2 aromatic carbocycles. The van der Waals surface area contributed by atoms with Gasteiger partial charge in [0, 0.05) is 30.5 Å². The third-order valence-electron chi connectivity index (χ3n) is 7.22. The lowest BCUT2D eigenvalue weighted by Gasteiger charge is -2.33. The number of methoxy groups -OCH3 is 1. The fourth-order valence-electron chi connectivity index (χ4n) is 5.12. The van der Waals surface area contributed by atoms with Crippen molar-refractivity contribution < 1.29 is 19.2 Å². The normalized spacial score (nSPS) is 17.5. The van der Waals surface area contributed by atoms with Crippen LogP contribution >= 0.6 is 12.2 Å². The van der Waals surface area contributed by atoms with Gasteiger partial charge in [0.05, 0.1) is 45.4 Å². The monoisotopic (exact) mass is 521 g/mol. The topological polar surface area (TPSA) is 92.9 Å². The number of piperazine rings is 1. The van der Waals surface area contributed by atoms with Gasteiger partial charge in [0.25, 0.3) is 5.91 Å². The number of para-hydroxylation sites is 1. The molecule has 9 nitrogen and oxygen atoms in total. The highest BCUT2D eigenvalue weighted by Crippen LogP contribution is 2.29. The molecule has 3 aromatic rings. The third kappa shape index (κ3) is 5.60. The maximum atomic E-state index is 12.9. The number of amides is 1. The van der Waals surface area contributed by atoms with Crippen LogP contribution in [0.5, 0.6) is 5.75 Å². The van der Waals surface area contributed by atoms with Crippen LogP contribution in [0.3, 0.4) is 0 Å². The highest BCUT2D eigenvalue weighted by molar-refractivity contribution is 7.71. The molecule has 37 heavy (non-hydrogen) atoms. The van der Waals surface area contributed by atoms with Crippen molar-refractivity contribution in [3.8, 4) is 5.75 Å². The Morgan fingerprint density at radius 3 is 2.70 bits per heavy atom. The van der Waals surface area contributed by atoms with Crippen molar-refractivity contribution in [2.75, 3.05) is 56.6 Å². The fourth-order valence-corrected chi connectivity index (χ4v) is 5.40. The summed E-state index contributed by atoms with van der Waals surface area (Å²) in [5.74, 6) is 1.36. The average Bonchev–Trinajstić information content (AvgIpc) is 3.27. The molecule has 10 heteroatoms. The molecule has 1 saturated heterocycles. The summed E-state index contributed by atoms with van der Waals surface area (Å²) in [6, 6.07) is 15.3. The van der Waals surface area contributed by atoms with Gasteiger partial charge in [-0.15, -0.1) is 0 Å². The van der Waals surface area contributed by atoms with E-state index in [1.165, 1.54) is 10.3 Å². The van der Waals surface area contributed by atoms with E-state index in [0.29, 0.717) is 18.8 Å². The molecule has 0 spiro atoms. The van der Waals surface area contributed by atoms with Crippen LogP contribution in [-0.4, -0.2) is 73.8 Å². The maximum Gasteiger partial charge on any atom is 0.257 e. The van der Waals surface area contributed by atoms with Gasteiger partial charge in [-0.3, -0.25) is 9.59 Å². The van der Waals surface area contributed by atoms with E-state index in [9.17, 15) is 9.59 Å². The van der Waals surface area contributed by atoms with Gasteiger partial charge in [-0.05, 0) is 55.0 Å². The zero-order valence-electron chi connectivity index (χ0n) is 21.0. The van der Waals surface area contributed by atoms with Crippen LogP contribution < -0.4 is 25.2 Å². The number of nitrogens with one attached hydrogen (secondary N) is 3. The number of hydrogen-bond acceptors (Lipinski definition) is 7. The third-order valence-corrected chi connectivity index (χ3v) is 7.49. The summed E-state index contributed by atoms with van der Waals surface area (Å²) in [7, 11) is 1.68. The first-order chi connectivity index (χ1) is 18.0. The van der Waals surface area contributed by atoms with Crippen LogP contribution in [0.15, 0.2) is 48.5 Å². The Morgan fingerprint density at radius 1 is 1.19 bits per heavy atom. The number of aromatic nitrogens is 2. The summed E-state index contributed by atoms with van der Waals surface area (Å²) in [6.45, 7) is 5.90. The molecule has 3 N–H and O–H groups in total. The SMILES string of the molecule is COc1ccc(N2CC[NH+](CCCNC(=O)CCC3Nc4c5ccccc5nc(=S)n4C3=O)CC2)cc1. The zero-order valence-corrected chi connectivity index (χ0v) is 21.9. The Bertz CT molecular complexity index is 1330. The molecule has 0 aliphatic carbocycles.